The molecule has 2 aliphatic rings. The lowest BCUT2D eigenvalue weighted by Crippen LogP contribution is -2.40. The molecule has 1 saturated heterocycles. The van der Waals surface area contributed by atoms with E-state index in [0.29, 0.717) is 43.1 Å². The smallest absolute Gasteiger partial charge is 0.326 e. The van der Waals surface area contributed by atoms with Crippen LogP contribution in [0.15, 0.2) is 38.8 Å². The van der Waals surface area contributed by atoms with Crippen molar-refractivity contribution in [1.29, 1.82) is 0 Å². The van der Waals surface area contributed by atoms with Crippen molar-refractivity contribution < 1.29 is 32.2 Å². The number of thiazole rings is 1. The molecule has 0 saturated carbocycles. The fourth-order valence-electron chi connectivity index (χ4n) is 4.15. The van der Waals surface area contributed by atoms with Crippen molar-refractivity contribution in [2.45, 2.75) is 36.6 Å². The molecule has 1 aromatic carbocycles. The van der Waals surface area contributed by atoms with Gasteiger partial charge in [-0.05, 0) is 31.2 Å². The molecule has 1 atom stereocenters. The third-order valence-electron chi connectivity index (χ3n) is 5.69. The maximum Gasteiger partial charge on any atom is 0.326 e. The summed E-state index contributed by atoms with van der Waals surface area (Å²) >= 11 is 2.33. The Kier molecular flexibility index (Phi) is 6.66. The summed E-state index contributed by atoms with van der Waals surface area (Å²) in [7, 11) is -3.79. The van der Waals surface area contributed by atoms with Crippen LogP contribution in [0.2, 0.25) is 0 Å². The van der Waals surface area contributed by atoms with E-state index in [9.17, 15) is 18.0 Å². The van der Waals surface area contributed by atoms with Crippen LogP contribution in [0.25, 0.3) is 10.2 Å². The zero-order valence-electron chi connectivity index (χ0n) is 18.8. The second kappa shape index (κ2) is 9.72. The molecule has 1 amide bonds. The van der Waals surface area contributed by atoms with Gasteiger partial charge in [0.25, 0.3) is 15.9 Å². The van der Waals surface area contributed by atoms with Gasteiger partial charge in [0.15, 0.2) is 16.3 Å². The minimum Gasteiger partial charge on any atom is -0.486 e. The van der Waals surface area contributed by atoms with Gasteiger partial charge >= 0.3 is 5.97 Å². The van der Waals surface area contributed by atoms with Gasteiger partial charge in [-0.3, -0.25) is 9.59 Å². The number of rotatable bonds is 6. The standard InChI is InChI=1S/C22H23N3O7S3/c1-2-30-19(26)13-24-15-11-16-17(32-9-8-31-16)12-18(15)34-22(24)23-21(27)14-5-3-7-25(14)35(28,29)20-6-4-10-33-20/h4,6,10-12,14H,2-3,5,7-9,13H2,1H3. The molecule has 0 radical (unpaired) electrons. The number of sulfonamides is 1. The molecule has 186 valence electrons. The minimum absolute atomic E-state index is 0.151. The first-order valence-electron chi connectivity index (χ1n) is 11.1. The Morgan fingerprint density at radius 2 is 2.00 bits per heavy atom. The highest BCUT2D eigenvalue weighted by Gasteiger charge is 2.40. The topological polar surface area (TPSA) is 116 Å². The SMILES string of the molecule is CCOC(=O)Cn1c(=NC(=O)C2CCCN2S(=O)(=O)c2cccs2)sc2cc3c(cc21)OCCO3. The van der Waals surface area contributed by atoms with Gasteiger partial charge in [0.2, 0.25) is 0 Å². The number of fused-ring (bicyclic) bond motifs is 2. The van der Waals surface area contributed by atoms with E-state index in [1.807, 2.05) is 0 Å². The number of carbonyl (C=O) groups is 2. The van der Waals surface area contributed by atoms with E-state index in [0.717, 1.165) is 16.0 Å². The molecule has 1 unspecified atom stereocenters. The van der Waals surface area contributed by atoms with Gasteiger partial charge in [-0.2, -0.15) is 9.30 Å². The summed E-state index contributed by atoms with van der Waals surface area (Å²) in [5.41, 5.74) is 0.647. The van der Waals surface area contributed by atoms with Crippen molar-refractivity contribution in [3.05, 3.63) is 34.4 Å². The summed E-state index contributed by atoms with van der Waals surface area (Å²) in [6, 6.07) is 5.84. The van der Waals surface area contributed by atoms with Crippen molar-refractivity contribution >= 4 is 54.8 Å². The van der Waals surface area contributed by atoms with E-state index >= 15 is 0 Å². The Bertz CT molecular complexity index is 1440. The molecule has 5 rings (SSSR count). The van der Waals surface area contributed by atoms with Crippen molar-refractivity contribution in [3.8, 4) is 11.5 Å². The zero-order chi connectivity index (χ0) is 24.6. The molecule has 13 heteroatoms. The van der Waals surface area contributed by atoms with Gasteiger partial charge in [-0.25, -0.2) is 8.42 Å². The van der Waals surface area contributed by atoms with Crippen LogP contribution in [0, 0.1) is 0 Å². The van der Waals surface area contributed by atoms with E-state index in [-0.39, 0.29) is 28.7 Å². The van der Waals surface area contributed by atoms with Crippen LogP contribution in [-0.2, 0) is 30.9 Å². The van der Waals surface area contributed by atoms with Gasteiger partial charge in [0.1, 0.15) is 30.0 Å². The molecule has 0 N–H and O–H groups in total. The largest absolute Gasteiger partial charge is 0.486 e. The van der Waals surface area contributed by atoms with Crippen molar-refractivity contribution in [2.75, 3.05) is 26.4 Å². The number of nitrogens with zero attached hydrogens (tertiary/aromatic N) is 3. The molecule has 2 aliphatic heterocycles. The van der Waals surface area contributed by atoms with E-state index in [1.165, 1.54) is 21.7 Å². The van der Waals surface area contributed by atoms with Crippen LogP contribution in [0.1, 0.15) is 19.8 Å². The zero-order valence-corrected chi connectivity index (χ0v) is 21.3. The second-order valence-corrected chi connectivity index (χ2v) is 12.0. The quantitative estimate of drug-likeness (QED) is 0.443. The first-order valence-corrected chi connectivity index (χ1v) is 14.2. The van der Waals surface area contributed by atoms with Gasteiger partial charge < -0.3 is 18.8 Å². The van der Waals surface area contributed by atoms with Gasteiger partial charge in [0, 0.05) is 18.7 Å². The Hall–Kier alpha value is -2.74. The molecule has 0 bridgehead atoms. The summed E-state index contributed by atoms with van der Waals surface area (Å²) < 4.78 is 46.4. The Labute approximate surface area is 209 Å². The number of aromatic nitrogens is 1. The Morgan fingerprint density at radius 1 is 1.23 bits per heavy atom. The summed E-state index contributed by atoms with van der Waals surface area (Å²) in [6.45, 7) is 2.87. The molecular formula is C22H23N3O7S3. The van der Waals surface area contributed by atoms with E-state index in [1.54, 1.807) is 35.1 Å². The highest BCUT2D eigenvalue weighted by atomic mass is 32.2. The third-order valence-corrected chi connectivity index (χ3v) is 10.0. The maximum absolute atomic E-state index is 13.3. The summed E-state index contributed by atoms with van der Waals surface area (Å²) in [4.78, 5) is 30.2. The number of hydrogen-bond donors (Lipinski definition) is 0. The van der Waals surface area contributed by atoms with Crippen LogP contribution >= 0.6 is 22.7 Å². The number of carbonyl (C=O) groups excluding carboxylic acids is 2. The lowest BCUT2D eigenvalue weighted by Gasteiger charge is -2.20. The van der Waals surface area contributed by atoms with E-state index < -0.39 is 27.9 Å². The fourth-order valence-corrected chi connectivity index (χ4v) is 7.97. The molecule has 4 heterocycles. The number of thiophene rings is 1. The van der Waals surface area contributed by atoms with Crippen LogP contribution < -0.4 is 14.3 Å². The Morgan fingerprint density at radius 3 is 2.71 bits per heavy atom. The van der Waals surface area contributed by atoms with Crippen LogP contribution in [0.5, 0.6) is 11.5 Å². The van der Waals surface area contributed by atoms with Crippen molar-refractivity contribution in [1.82, 2.24) is 8.87 Å². The van der Waals surface area contributed by atoms with Crippen molar-refractivity contribution in [3.63, 3.8) is 0 Å². The first kappa shape index (κ1) is 24.0. The predicted octanol–water partition coefficient (Wildman–Crippen LogP) is 2.38. The molecule has 0 aliphatic carbocycles. The minimum atomic E-state index is -3.79. The van der Waals surface area contributed by atoms with E-state index in [2.05, 4.69) is 4.99 Å². The summed E-state index contributed by atoms with van der Waals surface area (Å²) in [5, 5.41) is 1.69. The molecule has 35 heavy (non-hydrogen) atoms. The highest BCUT2D eigenvalue weighted by molar-refractivity contribution is 7.91. The average molecular weight is 538 g/mol. The molecule has 2 aromatic heterocycles. The van der Waals surface area contributed by atoms with Gasteiger partial charge in [-0.15, -0.1) is 11.3 Å². The summed E-state index contributed by atoms with van der Waals surface area (Å²) in [5.74, 6) is 0.0824. The number of amides is 1. The molecule has 3 aromatic rings. The summed E-state index contributed by atoms with van der Waals surface area (Å²) in [6.07, 6.45) is 0.943. The maximum atomic E-state index is 13.3. The normalized spacial score (nSPS) is 18.8. The molecule has 0 spiro atoms. The van der Waals surface area contributed by atoms with E-state index in [4.69, 9.17) is 14.2 Å². The van der Waals surface area contributed by atoms with Gasteiger partial charge in [0.05, 0.1) is 16.8 Å². The van der Waals surface area contributed by atoms with Crippen LogP contribution in [0.4, 0.5) is 0 Å². The monoisotopic (exact) mass is 537 g/mol. The predicted molar refractivity (Wildman–Crippen MR) is 129 cm³/mol. The number of esters is 1. The van der Waals surface area contributed by atoms with Gasteiger partial charge in [-0.1, -0.05) is 17.4 Å². The lowest BCUT2D eigenvalue weighted by molar-refractivity contribution is -0.143. The number of benzene rings is 1. The molecule has 10 nitrogen and oxygen atoms in total. The highest BCUT2D eigenvalue weighted by Crippen LogP contribution is 2.36. The van der Waals surface area contributed by atoms with Crippen LogP contribution in [0.3, 0.4) is 0 Å². The number of hydrogen-bond acceptors (Lipinski definition) is 9. The second-order valence-electron chi connectivity index (χ2n) is 7.90. The first-order chi connectivity index (χ1) is 16.9. The number of ether oxygens (including phenoxy) is 3. The molecular weight excluding hydrogens is 514 g/mol. The van der Waals surface area contributed by atoms with Crippen molar-refractivity contribution in [2.24, 2.45) is 4.99 Å². The Balaban J connectivity index is 1.55. The lowest BCUT2D eigenvalue weighted by atomic mass is 10.2. The fraction of sp³-hybridized carbons (Fsp3) is 0.409. The van der Waals surface area contributed by atoms with Crippen LogP contribution in [-0.4, -0.2) is 61.6 Å². The average Bonchev–Trinajstić information content (AvgIpc) is 3.59. The molecule has 1 fully saturated rings. The third kappa shape index (κ3) is 4.60.